The normalized spacial score (nSPS) is 13.1. The van der Waals surface area contributed by atoms with Crippen molar-refractivity contribution in [2.45, 2.75) is 24.7 Å². The summed E-state index contributed by atoms with van der Waals surface area (Å²) < 4.78 is 93.1. The van der Waals surface area contributed by atoms with Crippen LogP contribution in [-0.4, -0.2) is 11.5 Å². The molecule has 170 valence electrons. The van der Waals surface area contributed by atoms with E-state index in [4.69, 9.17) is 11.6 Å². The molecule has 1 atom stereocenters. The molecule has 0 aliphatic carbocycles. The number of nitrogens with zero attached hydrogens (tertiary/aromatic N) is 1. The number of alkyl halides is 6. The topological polar surface area (TPSA) is 24.9 Å². The summed E-state index contributed by atoms with van der Waals surface area (Å²) in [5.41, 5.74) is -2.62. The van der Waals surface area contributed by atoms with Gasteiger partial charge in [-0.3, -0.25) is 4.98 Å². The molecule has 0 radical (unpaired) electrons. The second-order valence-electron chi connectivity index (χ2n) is 7.03. The van der Waals surface area contributed by atoms with E-state index in [1.54, 1.807) is 18.2 Å². The number of hydrogen-bond acceptors (Lipinski definition) is 2. The highest BCUT2D eigenvalue weighted by Crippen LogP contribution is 2.38. The van der Waals surface area contributed by atoms with E-state index < -0.39 is 35.2 Å². The smallest absolute Gasteiger partial charge is 0.384 e. The van der Waals surface area contributed by atoms with Crippen molar-refractivity contribution in [2.24, 2.45) is 0 Å². The molecule has 0 aliphatic heterocycles. The highest BCUT2D eigenvalue weighted by molar-refractivity contribution is 6.31. The van der Waals surface area contributed by atoms with Gasteiger partial charge < -0.3 is 5.32 Å². The van der Waals surface area contributed by atoms with Gasteiger partial charge >= 0.3 is 12.4 Å². The number of halogens is 8. The molecule has 0 aliphatic rings. The molecule has 0 saturated carbocycles. The van der Waals surface area contributed by atoms with E-state index >= 15 is 0 Å². The number of benzene rings is 2. The molecule has 0 fully saturated rings. The van der Waals surface area contributed by atoms with Gasteiger partial charge in [0.15, 0.2) is 0 Å². The highest BCUT2D eigenvalue weighted by Gasteiger charge is 2.37. The zero-order valence-corrected chi connectivity index (χ0v) is 17.0. The predicted octanol–water partition coefficient (Wildman–Crippen LogP) is 7.35. The third kappa shape index (κ3) is 5.91. The fourth-order valence-electron chi connectivity index (χ4n) is 3.20. The van der Waals surface area contributed by atoms with Gasteiger partial charge in [0.1, 0.15) is 5.82 Å². The Bertz CT molecular complexity index is 1050. The van der Waals surface area contributed by atoms with Crippen LogP contribution >= 0.6 is 11.6 Å². The Kier molecular flexibility index (Phi) is 6.97. The molecule has 0 bridgehead atoms. The van der Waals surface area contributed by atoms with Crippen LogP contribution in [0.2, 0.25) is 5.02 Å². The lowest BCUT2D eigenvalue weighted by molar-refractivity contribution is -0.143. The Morgan fingerprint density at radius 1 is 0.875 bits per heavy atom. The second-order valence-corrected chi connectivity index (χ2v) is 7.44. The molecule has 0 amide bonds. The van der Waals surface area contributed by atoms with Gasteiger partial charge in [0.25, 0.3) is 0 Å². The minimum absolute atomic E-state index is 0.0488. The number of anilines is 1. The van der Waals surface area contributed by atoms with Gasteiger partial charge in [0.05, 0.1) is 21.8 Å². The maximum Gasteiger partial charge on any atom is 0.416 e. The molecule has 0 saturated heterocycles. The van der Waals surface area contributed by atoms with Crippen LogP contribution < -0.4 is 5.32 Å². The van der Waals surface area contributed by atoms with Crippen molar-refractivity contribution in [3.63, 3.8) is 0 Å². The number of pyridine rings is 1. The zero-order valence-electron chi connectivity index (χ0n) is 16.2. The van der Waals surface area contributed by atoms with Crippen LogP contribution in [0.3, 0.4) is 0 Å². The minimum Gasteiger partial charge on any atom is -0.384 e. The van der Waals surface area contributed by atoms with Gasteiger partial charge in [-0.15, -0.1) is 0 Å². The van der Waals surface area contributed by atoms with Gasteiger partial charge in [0.2, 0.25) is 0 Å². The summed E-state index contributed by atoms with van der Waals surface area (Å²) in [7, 11) is 0. The van der Waals surface area contributed by atoms with Crippen LogP contribution in [0.1, 0.15) is 28.3 Å². The Balaban J connectivity index is 1.94. The van der Waals surface area contributed by atoms with E-state index in [2.05, 4.69) is 10.3 Å². The summed E-state index contributed by atoms with van der Waals surface area (Å²) in [6.07, 6.45) is -8.34. The lowest BCUT2D eigenvalue weighted by atomic mass is 9.93. The molecule has 32 heavy (non-hydrogen) atoms. The van der Waals surface area contributed by atoms with Crippen LogP contribution in [0.4, 0.5) is 36.4 Å². The van der Waals surface area contributed by atoms with E-state index in [1.807, 2.05) is 0 Å². The molecule has 10 heteroatoms. The van der Waals surface area contributed by atoms with Crippen molar-refractivity contribution in [1.82, 2.24) is 4.98 Å². The van der Waals surface area contributed by atoms with Crippen molar-refractivity contribution >= 4 is 17.3 Å². The standard InChI is InChI=1S/C22H16ClF7N2/c23-18-5-3-7-31-20(18)8-13(17-4-1-2-6-19(17)24)12-32-16-10-14(21(25,26)27)9-15(11-16)22(28,29)30/h1-7,9-11,13,32H,8,12H2/t13-/m1/s1. The summed E-state index contributed by atoms with van der Waals surface area (Å²) >= 11 is 6.13. The molecule has 1 aromatic heterocycles. The molecule has 2 nitrogen and oxygen atoms in total. The molecule has 2 aromatic carbocycles. The molecule has 3 aromatic rings. The summed E-state index contributed by atoms with van der Waals surface area (Å²) in [6.45, 7) is -0.160. The Hall–Kier alpha value is -2.81. The van der Waals surface area contributed by atoms with Gasteiger partial charge in [-0.25, -0.2) is 4.39 Å². The first kappa shape index (κ1) is 23.8. The molecule has 1 N–H and O–H groups in total. The van der Waals surface area contributed by atoms with Crippen LogP contribution in [-0.2, 0) is 18.8 Å². The van der Waals surface area contributed by atoms with E-state index in [-0.39, 0.29) is 30.3 Å². The lowest BCUT2D eigenvalue weighted by Gasteiger charge is -2.21. The molecule has 0 unspecified atom stereocenters. The van der Waals surface area contributed by atoms with E-state index in [0.717, 1.165) is 0 Å². The van der Waals surface area contributed by atoms with Gasteiger partial charge in [-0.05, 0) is 48.4 Å². The predicted molar refractivity (Wildman–Crippen MR) is 107 cm³/mol. The maximum atomic E-state index is 14.4. The Morgan fingerprint density at radius 2 is 1.50 bits per heavy atom. The molecule has 1 heterocycles. The van der Waals surface area contributed by atoms with Gasteiger partial charge in [-0.2, -0.15) is 26.3 Å². The Labute approximate surface area is 184 Å². The number of nitrogens with one attached hydrogen (secondary N) is 1. The second kappa shape index (κ2) is 9.36. The van der Waals surface area contributed by atoms with Gasteiger partial charge in [0, 0.05) is 24.3 Å². The van der Waals surface area contributed by atoms with E-state index in [9.17, 15) is 30.7 Å². The molecule has 3 rings (SSSR count). The monoisotopic (exact) mass is 476 g/mol. The first-order chi connectivity index (χ1) is 14.9. The van der Waals surface area contributed by atoms with Crippen LogP contribution in [0.5, 0.6) is 0 Å². The van der Waals surface area contributed by atoms with E-state index in [0.29, 0.717) is 22.8 Å². The first-order valence-electron chi connectivity index (χ1n) is 9.32. The van der Waals surface area contributed by atoms with E-state index in [1.165, 1.54) is 24.4 Å². The van der Waals surface area contributed by atoms with Gasteiger partial charge in [-0.1, -0.05) is 29.8 Å². The fraction of sp³-hybridized carbons (Fsp3) is 0.227. The van der Waals surface area contributed by atoms with Crippen molar-refractivity contribution in [1.29, 1.82) is 0 Å². The first-order valence-corrected chi connectivity index (χ1v) is 9.70. The van der Waals surface area contributed by atoms with Crippen LogP contribution in [0.25, 0.3) is 0 Å². The average Bonchev–Trinajstić information content (AvgIpc) is 2.71. The number of rotatable bonds is 6. The third-order valence-corrected chi connectivity index (χ3v) is 5.10. The average molecular weight is 477 g/mol. The van der Waals surface area contributed by atoms with Crippen molar-refractivity contribution in [3.8, 4) is 0 Å². The fourth-order valence-corrected chi connectivity index (χ4v) is 3.40. The van der Waals surface area contributed by atoms with Crippen molar-refractivity contribution < 1.29 is 30.7 Å². The lowest BCUT2D eigenvalue weighted by Crippen LogP contribution is -2.18. The highest BCUT2D eigenvalue weighted by atomic mass is 35.5. The third-order valence-electron chi connectivity index (χ3n) is 4.76. The quantitative estimate of drug-likeness (QED) is 0.376. The van der Waals surface area contributed by atoms with Crippen LogP contribution in [0, 0.1) is 5.82 Å². The van der Waals surface area contributed by atoms with Crippen molar-refractivity contribution in [3.05, 3.63) is 94.0 Å². The number of hydrogen-bond donors (Lipinski definition) is 1. The summed E-state index contributed by atoms with van der Waals surface area (Å²) in [4.78, 5) is 4.14. The largest absolute Gasteiger partial charge is 0.416 e. The number of aromatic nitrogens is 1. The molecule has 0 spiro atoms. The molecular formula is C22H16ClF7N2. The summed E-state index contributed by atoms with van der Waals surface area (Å²) in [5.74, 6) is -1.24. The minimum atomic E-state index is -4.97. The SMILES string of the molecule is Fc1ccccc1[C@@H](CNc1cc(C(F)(F)F)cc(C(F)(F)F)c1)Cc1ncccc1Cl. The molecular weight excluding hydrogens is 461 g/mol. The summed E-state index contributed by atoms with van der Waals surface area (Å²) in [5, 5.41) is 2.91. The van der Waals surface area contributed by atoms with Crippen LogP contribution in [0.15, 0.2) is 60.8 Å². The maximum absolute atomic E-state index is 14.4. The zero-order chi connectivity index (χ0) is 23.5. The van der Waals surface area contributed by atoms with Crippen molar-refractivity contribution in [2.75, 3.05) is 11.9 Å². The summed E-state index contributed by atoms with van der Waals surface area (Å²) in [6, 6.07) is 10.2. The Morgan fingerprint density at radius 3 is 2.06 bits per heavy atom.